The van der Waals surface area contributed by atoms with E-state index in [1.807, 2.05) is 79.7 Å². The van der Waals surface area contributed by atoms with E-state index in [9.17, 15) is 10.4 Å². The van der Waals surface area contributed by atoms with Crippen LogP contribution in [0.4, 0.5) is 5.69 Å². The molecule has 34 heavy (non-hydrogen) atoms. The second-order valence-corrected chi connectivity index (χ2v) is 9.38. The average Bonchev–Trinajstić information content (AvgIpc) is 2.87. The van der Waals surface area contributed by atoms with E-state index in [0.717, 1.165) is 33.6 Å². The first kappa shape index (κ1) is 23.8. The number of nitriles is 1. The Morgan fingerprint density at radius 3 is 2.38 bits per heavy atom. The molecule has 0 spiro atoms. The van der Waals surface area contributed by atoms with Crippen LogP contribution in [0.1, 0.15) is 11.1 Å². The number of hydrogen-bond acceptors (Lipinski definition) is 5. The van der Waals surface area contributed by atoms with Crippen LogP contribution in [-0.4, -0.2) is 28.5 Å². The maximum atomic E-state index is 10.6. The number of nitrogens with one attached hydrogen (secondary N) is 1. The van der Waals surface area contributed by atoms with Gasteiger partial charge in [0.15, 0.2) is 0 Å². The summed E-state index contributed by atoms with van der Waals surface area (Å²) in [6, 6.07) is 29.7. The van der Waals surface area contributed by atoms with Crippen molar-refractivity contribution in [2.45, 2.75) is 18.1 Å². The van der Waals surface area contributed by atoms with Crippen LogP contribution in [0.5, 0.6) is 0 Å². The smallest absolute Gasteiger partial charge is 0.115 e. The quantitative estimate of drug-likeness (QED) is 0.268. The molecule has 0 saturated carbocycles. The van der Waals surface area contributed by atoms with Crippen LogP contribution in [-0.2, 0) is 0 Å². The average molecular weight is 486 g/mol. The minimum Gasteiger partial charge on any atom is -0.390 e. The van der Waals surface area contributed by atoms with E-state index in [4.69, 9.17) is 16.6 Å². The molecule has 4 rings (SSSR count). The number of aliphatic hydroxyl groups is 1. The van der Waals surface area contributed by atoms with E-state index in [1.54, 1.807) is 12.1 Å². The number of hydrogen-bond donors (Lipinski definition) is 2. The van der Waals surface area contributed by atoms with Gasteiger partial charge >= 0.3 is 0 Å². The highest BCUT2D eigenvalue weighted by atomic mass is 35.5. The Labute approximate surface area is 209 Å². The fourth-order valence-electron chi connectivity index (χ4n) is 3.49. The fraction of sp³-hybridized carbons (Fsp3) is 0.143. The van der Waals surface area contributed by atoms with Crippen LogP contribution in [0.3, 0.4) is 0 Å². The van der Waals surface area contributed by atoms with E-state index in [0.29, 0.717) is 27.9 Å². The lowest BCUT2D eigenvalue weighted by molar-refractivity contribution is 0.213. The maximum absolute atomic E-state index is 10.6. The maximum Gasteiger partial charge on any atom is 0.115 e. The van der Waals surface area contributed by atoms with Gasteiger partial charge in [-0.15, -0.1) is 11.8 Å². The first-order valence-corrected chi connectivity index (χ1v) is 12.3. The number of thioether (sulfide) groups is 1. The van der Waals surface area contributed by atoms with E-state index < -0.39 is 6.10 Å². The second-order valence-electron chi connectivity index (χ2n) is 7.93. The Hall–Kier alpha value is -3.30. The Balaban J connectivity index is 1.60. The number of halogens is 1. The van der Waals surface area contributed by atoms with Crippen molar-refractivity contribution in [3.63, 3.8) is 0 Å². The van der Waals surface area contributed by atoms with Crippen molar-refractivity contribution in [3.8, 4) is 28.5 Å². The van der Waals surface area contributed by atoms with Gasteiger partial charge in [-0.1, -0.05) is 71.8 Å². The summed E-state index contributed by atoms with van der Waals surface area (Å²) in [5.41, 5.74) is 6.15. The zero-order chi connectivity index (χ0) is 23.9. The van der Waals surface area contributed by atoms with E-state index >= 15 is 0 Å². The second kappa shape index (κ2) is 11.2. The Kier molecular flexibility index (Phi) is 7.87. The molecular weight excluding hydrogens is 462 g/mol. The zero-order valence-electron chi connectivity index (χ0n) is 18.7. The Morgan fingerprint density at radius 2 is 1.71 bits per heavy atom. The number of aryl methyl sites for hydroxylation is 1. The van der Waals surface area contributed by atoms with E-state index in [-0.39, 0.29) is 0 Å². The summed E-state index contributed by atoms with van der Waals surface area (Å²) in [5, 5.41) is 25.1. The predicted octanol–water partition coefficient (Wildman–Crippen LogP) is 6.81. The number of anilines is 1. The van der Waals surface area contributed by atoms with Crippen molar-refractivity contribution in [1.29, 1.82) is 5.26 Å². The van der Waals surface area contributed by atoms with Crippen molar-refractivity contribution in [3.05, 3.63) is 101 Å². The third-order valence-corrected chi connectivity index (χ3v) is 6.70. The van der Waals surface area contributed by atoms with E-state index in [2.05, 4.69) is 11.4 Å². The normalized spacial score (nSPS) is 11.6. The zero-order valence-corrected chi connectivity index (χ0v) is 20.3. The van der Waals surface area contributed by atoms with Crippen molar-refractivity contribution in [2.24, 2.45) is 0 Å². The summed E-state index contributed by atoms with van der Waals surface area (Å²) in [5.74, 6) is 0.397. The summed E-state index contributed by atoms with van der Waals surface area (Å²) in [4.78, 5) is 4.81. The van der Waals surface area contributed by atoms with Crippen LogP contribution >= 0.6 is 23.4 Å². The molecule has 1 aromatic heterocycles. The first-order chi connectivity index (χ1) is 16.5. The van der Waals surface area contributed by atoms with Gasteiger partial charge < -0.3 is 10.4 Å². The summed E-state index contributed by atoms with van der Waals surface area (Å²) >= 11 is 7.32. The molecule has 0 radical (unpaired) electrons. The van der Waals surface area contributed by atoms with Gasteiger partial charge in [-0.2, -0.15) is 5.26 Å². The molecule has 1 atom stereocenters. The Bertz CT molecular complexity index is 1290. The molecule has 0 saturated heterocycles. The van der Waals surface area contributed by atoms with Crippen LogP contribution in [0.25, 0.3) is 22.4 Å². The molecule has 0 aliphatic rings. The van der Waals surface area contributed by atoms with Gasteiger partial charge in [-0.3, -0.25) is 0 Å². The third kappa shape index (κ3) is 5.98. The van der Waals surface area contributed by atoms with Crippen LogP contribution in [0.15, 0.2) is 90.0 Å². The largest absolute Gasteiger partial charge is 0.390 e. The van der Waals surface area contributed by atoms with Gasteiger partial charge in [-0.25, -0.2) is 4.98 Å². The first-order valence-electron chi connectivity index (χ1n) is 10.9. The van der Waals surface area contributed by atoms with Crippen LogP contribution in [0, 0.1) is 18.3 Å². The molecule has 3 aromatic carbocycles. The lowest BCUT2D eigenvalue weighted by Crippen LogP contribution is -2.22. The van der Waals surface area contributed by atoms with Gasteiger partial charge in [0.25, 0.3) is 0 Å². The SMILES string of the molecule is Cc1ccc(-c2cc(-c3ccccc3)nc(SCC(O)CNc3ccc(Cl)cc3)c2C#N)cc1. The molecule has 2 N–H and O–H groups in total. The number of pyridine rings is 1. The van der Waals surface area contributed by atoms with Crippen molar-refractivity contribution in [2.75, 3.05) is 17.6 Å². The molecule has 0 fully saturated rings. The molecule has 0 aliphatic heterocycles. The molecule has 4 aromatic rings. The van der Waals surface area contributed by atoms with Gasteiger partial charge in [0.05, 0.1) is 17.4 Å². The molecule has 0 amide bonds. The highest BCUT2D eigenvalue weighted by molar-refractivity contribution is 7.99. The molecular formula is C28H24ClN3OS. The number of rotatable bonds is 8. The van der Waals surface area contributed by atoms with Crippen molar-refractivity contribution in [1.82, 2.24) is 4.98 Å². The molecule has 1 heterocycles. The van der Waals surface area contributed by atoms with Crippen molar-refractivity contribution >= 4 is 29.1 Å². The summed E-state index contributed by atoms with van der Waals surface area (Å²) in [7, 11) is 0. The Morgan fingerprint density at radius 1 is 1.00 bits per heavy atom. The molecule has 0 aliphatic carbocycles. The lowest BCUT2D eigenvalue weighted by atomic mass is 9.98. The van der Waals surface area contributed by atoms with Crippen LogP contribution in [0.2, 0.25) is 5.02 Å². The molecule has 170 valence electrons. The predicted molar refractivity (Wildman–Crippen MR) is 141 cm³/mol. The highest BCUT2D eigenvalue weighted by Gasteiger charge is 2.17. The van der Waals surface area contributed by atoms with Gasteiger partial charge in [0.1, 0.15) is 11.1 Å². The summed E-state index contributed by atoms with van der Waals surface area (Å²) in [6.07, 6.45) is -0.628. The monoisotopic (exact) mass is 485 g/mol. The van der Waals surface area contributed by atoms with Gasteiger partial charge in [0, 0.05) is 34.1 Å². The van der Waals surface area contributed by atoms with E-state index in [1.165, 1.54) is 11.8 Å². The minimum absolute atomic E-state index is 0.375. The number of benzene rings is 3. The topological polar surface area (TPSA) is 68.9 Å². The molecule has 0 bridgehead atoms. The summed E-state index contributed by atoms with van der Waals surface area (Å²) < 4.78 is 0. The standard InChI is InChI=1S/C28H24ClN3OS/c1-19-7-9-20(10-8-19)25-15-27(21-5-3-2-4-6-21)32-28(26(25)16-30)34-18-24(33)17-31-23-13-11-22(29)12-14-23/h2-15,24,31,33H,17-18H2,1H3. The number of nitrogens with zero attached hydrogens (tertiary/aromatic N) is 2. The lowest BCUT2D eigenvalue weighted by Gasteiger charge is -2.15. The van der Waals surface area contributed by atoms with Gasteiger partial charge in [0.2, 0.25) is 0 Å². The van der Waals surface area contributed by atoms with Crippen molar-refractivity contribution < 1.29 is 5.11 Å². The summed E-state index contributed by atoms with van der Waals surface area (Å²) in [6.45, 7) is 2.41. The molecule has 4 nitrogen and oxygen atoms in total. The number of aromatic nitrogens is 1. The fourth-order valence-corrected chi connectivity index (χ4v) is 4.55. The molecule has 6 heteroatoms. The van der Waals surface area contributed by atoms with Crippen LogP contribution < -0.4 is 5.32 Å². The third-order valence-electron chi connectivity index (χ3n) is 5.33. The highest BCUT2D eigenvalue weighted by Crippen LogP contribution is 2.34. The number of aliphatic hydroxyl groups excluding tert-OH is 1. The minimum atomic E-state index is -0.628. The molecule has 1 unspecified atom stereocenters. The van der Waals surface area contributed by atoms with Gasteiger partial charge in [-0.05, 0) is 42.8 Å².